The summed E-state index contributed by atoms with van der Waals surface area (Å²) in [6.07, 6.45) is 1.44. The van der Waals surface area contributed by atoms with E-state index in [0.717, 1.165) is 30.0 Å². The lowest BCUT2D eigenvalue weighted by Gasteiger charge is -2.16. The van der Waals surface area contributed by atoms with Crippen LogP contribution in [0.1, 0.15) is 33.8 Å². The molecule has 104 valence electrons. The van der Waals surface area contributed by atoms with Gasteiger partial charge in [0, 0.05) is 18.5 Å². The van der Waals surface area contributed by atoms with E-state index >= 15 is 0 Å². The molecule has 20 heavy (non-hydrogen) atoms. The molecule has 0 fully saturated rings. The van der Waals surface area contributed by atoms with E-state index in [-0.39, 0.29) is 5.56 Å². The molecular formula is C16H19N3O. The van der Waals surface area contributed by atoms with Gasteiger partial charge in [-0.3, -0.25) is 4.79 Å². The number of aryl methyl sites for hydroxylation is 2. The van der Waals surface area contributed by atoms with Gasteiger partial charge in [0.25, 0.3) is 5.56 Å². The SMILES string of the molecule is Cc1ccc(Cc2nc3c(c(=O)[nH]2)CCNC3)cc1C. The highest BCUT2D eigenvalue weighted by Gasteiger charge is 2.15. The normalized spacial score (nSPS) is 14.1. The Labute approximate surface area is 118 Å². The Morgan fingerprint density at radius 3 is 2.90 bits per heavy atom. The molecule has 1 aliphatic rings. The van der Waals surface area contributed by atoms with Crippen LogP contribution >= 0.6 is 0 Å². The van der Waals surface area contributed by atoms with Gasteiger partial charge < -0.3 is 10.3 Å². The second-order valence-corrected chi connectivity index (χ2v) is 5.46. The van der Waals surface area contributed by atoms with Crippen molar-refractivity contribution in [1.29, 1.82) is 0 Å². The maximum Gasteiger partial charge on any atom is 0.254 e. The lowest BCUT2D eigenvalue weighted by molar-refractivity contribution is 0.613. The summed E-state index contributed by atoms with van der Waals surface area (Å²) in [4.78, 5) is 19.6. The Bertz CT molecular complexity index is 703. The molecule has 4 heteroatoms. The highest BCUT2D eigenvalue weighted by Crippen LogP contribution is 2.13. The third kappa shape index (κ3) is 2.51. The summed E-state index contributed by atoms with van der Waals surface area (Å²) in [5.74, 6) is 0.751. The van der Waals surface area contributed by atoms with E-state index in [4.69, 9.17) is 0 Å². The van der Waals surface area contributed by atoms with Crippen LogP contribution in [0.5, 0.6) is 0 Å². The maximum atomic E-state index is 12.1. The maximum absolute atomic E-state index is 12.1. The number of nitrogens with one attached hydrogen (secondary N) is 2. The van der Waals surface area contributed by atoms with Crippen molar-refractivity contribution in [2.45, 2.75) is 33.2 Å². The zero-order chi connectivity index (χ0) is 14.1. The predicted octanol–water partition coefficient (Wildman–Crippen LogP) is 1.62. The molecule has 0 saturated heterocycles. The van der Waals surface area contributed by atoms with E-state index in [2.05, 4.69) is 47.3 Å². The summed E-state index contributed by atoms with van der Waals surface area (Å²) < 4.78 is 0. The van der Waals surface area contributed by atoms with Crippen LogP contribution in [0.3, 0.4) is 0 Å². The van der Waals surface area contributed by atoms with Crippen molar-refractivity contribution in [2.24, 2.45) is 0 Å². The van der Waals surface area contributed by atoms with E-state index in [9.17, 15) is 4.79 Å². The van der Waals surface area contributed by atoms with Crippen LogP contribution in [0.25, 0.3) is 0 Å². The van der Waals surface area contributed by atoms with Crippen molar-refractivity contribution in [3.8, 4) is 0 Å². The van der Waals surface area contributed by atoms with E-state index in [1.165, 1.54) is 16.7 Å². The van der Waals surface area contributed by atoms with Gasteiger partial charge in [0.1, 0.15) is 5.82 Å². The lowest BCUT2D eigenvalue weighted by Crippen LogP contribution is -2.31. The molecule has 0 saturated carbocycles. The number of benzene rings is 1. The summed E-state index contributed by atoms with van der Waals surface area (Å²) in [6.45, 7) is 5.75. The zero-order valence-electron chi connectivity index (χ0n) is 11.9. The van der Waals surface area contributed by atoms with Crippen LogP contribution in [0, 0.1) is 13.8 Å². The van der Waals surface area contributed by atoms with E-state index < -0.39 is 0 Å². The molecule has 0 amide bonds. The Morgan fingerprint density at radius 2 is 2.10 bits per heavy atom. The first-order valence-corrected chi connectivity index (χ1v) is 7.01. The molecule has 3 rings (SSSR count). The van der Waals surface area contributed by atoms with Gasteiger partial charge in [0.05, 0.1) is 5.69 Å². The van der Waals surface area contributed by atoms with E-state index in [0.29, 0.717) is 13.0 Å². The first-order valence-electron chi connectivity index (χ1n) is 7.01. The summed E-state index contributed by atoms with van der Waals surface area (Å²) in [5, 5.41) is 3.26. The van der Waals surface area contributed by atoms with Crippen molar-refractivity contribution in [2.75, 3.05) is 6.54 Å². The third-order valence-electron chi connectivity index (χ3n) is 3.94. The molecule has 0 unspecified atom stereocenters. The highest BCUT2D eigenvalue weighted by atomic mass is 16.1. The van der Waals surface area contributed by atoms with Gasteiger partial charge in [-0.1, -0.05) is 18.2 Å². The van der Waals surface area contributed by atoms with Gasteiger partial charge >= 0.3 is 0 Å². The molecule has 2 aromatic rings. The first kappa shape index (κ1) is 13.1. The molecule has 4 nitrogen and oxygen atoms in total. The molecule has 0 aliphatic carbocycles. The number of fused-ring (bicyclic) bond motifs is 1. The smallest absolute Gasteiger partial charge is 0.254 e. The van der Waals surface area contributed by atoms with E-state index in [1.54, 1.807) is 0 Å². The fourth-order valence-corrected chi connectivity index (χ4v) is 2.61. The van der Waals surface area contributed by atoms with Crippen molar-refractivity contribution >= 4 is 0 Å². The average Bonchev–Trinajstić information content (AvgIpc) is 2.43. The Hall–Kier alpha value is -1.94. The molecular weight excluding hydrogens is 250 g/mol. The van der Waals surface area contributed by atoms with Crippen molar-refractivity contribution in [3.05, 3.63) is 62.3 Å². The van der Waals surface area contributed by atoms with Gasteiger partial charge in [-0.25, -0.2) is 4.98 Å². The third-order valence-corrected chi connectivity index (χ3v) is 3.94. The second kappa shape index (κ2) is 5.21. The zero-order valence-corrected chi connectivity index (χ0v) is 11.9. The largest absolute Gasteiger partial charge is 0.311 e. The number of hydrogen-bond acceptors (Lipinski definition) is 3. The van der Waals surface area contributed by atoms with Crippen molar-refractivity contribution in [1.82, 2.24) is 15.3 Å². The topological polar surface area (TPSA) is 57.8 Å². The Kier molecular flexibility index (Phi) is 3.40. The van der Waals surface area contributed by atoms with Crippen LogP contribution in [0.15, 0.2) is 23.0 Å². The number of hydrogen-bond donors (Lipinski definition) is 2. The van der Waals surface area contributed by atoms with Crippen molar-refractivity contribution < 1.29 is 0 Å². The lowest BCUT2D eigenvalue weighted by atomic mass is 10.0. The molecule has 2 N–H and O–H groups in total. The summed E-state index contributed by atoms with van der Waals surface area (Å²) in [6, 6.07) is 6.37. The van der Waals surface area contributed by atoms with Crippen LogP contribution in [0.2, 0.25) is 0 Å². The fraction of sp³-hybridized carbons (Fsp3) is 0.375. The van der Waals surface area contributed by atoms with Gasteiger partial charge in [-0.05, 0) is 43.5 Å². The number of aromatic amines is 1. The summed E-state index contributed by atoms with van der Waals surface area (Å²) >= 11 is 0. The number of nitrogens with zero attached hydrogens (tertiary/aromatic N) is 1. The van der Waals surface area contributed by atoms with Crippen LogP contribution in [-0.2, 0) is 19.4 Å². The highest BCUT2D eigenvalue weighted by molar-refractivity contribution is 5.32. The number of aromatic nitrogens is 2. The number of H-pyrrole nitrogens is 1. The van der Waals surface area contributed by atoms with E-state index in [1.807, 2.05) is 0 Å². The van der Waals surface area contributed by atoms with Crippen LogP contribution in [-0.4, -0.2) is 16.5 Å². The molecule has 0 spiro atoms. The van der Waals surface area contributed by atoms with Gasteiger partial charge in [-0.2, -0.15) is 0 Å². The fourth-order valence-electron chi connectivity index (χ4n) is 2.61. The van der Waals surface area contributed by atoms with Gasteiger partial charge in [-0.15, -0.1) is 0 Å². The Morgan fingerprint density at radius 1 is 1.25 bits per heavy atom. The minimum absolute atomic E-state index is 0.0235. The molecule has 2 heterocycles. The minimum atomic E-state index is 0.0235. The molecule has 0 bridgehead atoms. The van der Waals surface area contributed by atoms with Gasteiger partial charge in [0.2, 0.25) is 0 Å². The predicted molar refractivity (Wildman–Crippen MR) is 79.0 cm³/mol. The molecule has 1 aromatic heterocycles. The minimum Gasteiger partial charge on any atom is -0.311 e. The van der Waals surface area contributed by atoms with Crippen LogP contribution in [0.4, 0.5) is 0 Å². The molecule has 1 aromatic carbocycles. The quantitative estimate of drug-likeness (QED) is 0.871. The first-order chi connectivity index (χ1) is 9.63. The standard InChI is InChI=1S/C16H19N3O/c1-10-3-4-12(7-11(10)2)8-15-18-14-9-17-6-5-13(14)16(20)19-15/h3-4,7,17H,5-6,8-9H2,1-2H3,(H,18,19,20). The number of rotatable bonds is 2. The van der Waals surface area contributed by atoms with Crippen molar-refractivity contribution in [3.63, 3.8) is 0 Å². The molecule has 0 radical (unpaired) electrons. The molecule has 0 atom stereocenters. The molecule has 1 aliphatic heterocycles. The summed E-state index contributed by atoms with van der Waals surface area (Å²) in [7, 11) is 0. The second-order valence-electron chi connectivity index (χ2n) is 5.46. The average molecular weight is 269 g/mol. The Balaban J connectivity index is 1.93. The summed E-state index contributed by atoms with van der Waals surface area (Å²) in [5.41, 5.74) is 5.50. The van der Waals surface area contributed by atoms with Crippen LogP contribution < -0.4 is 10.9 Å². The van der Waals surface area contributed by atoms with Gasteiger partial charge in [0.15, 0.2) is 0 Å². The monoisotopic (exact) mass is 269 g/mol.